The zero-order valence-corrected chi connectivity index (χ0v) is 13.3. The molecule has 22 heavy (non-hydrogen) atoms. The molecule has 7 heteroatoms. The Balaban J connectivity index is 1.98. The standard InChI is InChI=1S/C15H23NO6/c1-15(2,3)22-14(19)16-8-10(12(17)7-13(16)18)6-11-9-20-4-5-21-11/h10-11H,4-9H2,1-3H3. The highest BCUT2D eigenvalue weighted by Crippen LogP contribution is 2.23. The maximum atomic E-state index is 12.1. The lowest BCUT2D eigenvalue weighted by atomic mass is 9.90. The number of amides is 2. The SMILES string of the molecule is CC(C)(C)OC(=O)N1CC(CC2COCCO2)C(=O)CC1=O. The van der Waals surface area contributed by atoms with Gasteiger partial charge in [-0.2, -0.15) is 0 Å². The summed E-state index contributed by atoms with van der Waals surface area (Å²) in [7, 11) is 0. The topological polar surface area (TPSA) is 82.1 Å². The zero-order chi connectivity index (χ0) is 16.3. The second-order valence-electron chi connectivity index (χ2n) is 6.63. The van der Waals surface area contributed by atoms with E-state index in [0.717, 1.165) is 4.90 Å². The first-order valence-electron chi connectivity index (χ1n) is 7.51. The molecule has 0 aromatic rings. The molecule has 0 radical (unpaired) electrons. The van der Waals surface area contributed by atoms with Crippen molar-refractivity contribution in [3.05, 3.63) is 0 Å². The van der Waals surface area contributed by atoms with E-state index in [2.05, 4.69) is 0 Å². The quantitative estimate of drug-likeness (QED) is 0.711. The van der Waals surface area contributed by atoms with Crippen molar-refractivity contribution >= 4 is 17.8 Å². The van der Waals surface area contributed by atoms with Gasteiger partial charge in [-0.1, -0.05) is 0 Å². The van der Waals surface area contributed by atoms with Crippen LogP contribution in [-0.2, 0) is 23.8 Å². The van der Waals surface area contributed by atoms with E-state index in [0.29, 0.717) is 26.2 Å². The molecule has 0 aromatic heterocycles. The molecule has 2 rings (SSSR count). The van der Waals surface area contributed by atoms with Crippen molar-refractivity contribution < 1.29 is 28.6 Å². The molecule has 2 heterocycles. The van der Waals surface area contributed by atoms with Crippen LogP contribution in [0.3, 0.4) is 0 Å². The number of ether oxygens (including phenoxy) is 3. The Kier molecular flexibility index (Phi) is 5.18. The average Bonchev–Trinajstić information content (AvgIpc) is 2.41. The summed E-state index contributed by atoms with van der Waals surface area (Å²) in [6.07, 6.45) is -0.685. The van der Waals surface area contributed by atoms with E-state index < -0.39 is 23.5 Å². The zero-order valence-electron chi connectivity index (χ0n) is 13.3. The van der Waals surface area contributed by atoms with Gasteiger partial charge in [0, 0.05) is 12.5 Å². The lowest BCUT2D eigenvalue weighted by Gasteiger charge is -2.33. The van der Waals surface area contributed by atoms with Gasteiger partial charge in [-0.05, 0) is 27.2 Å². The first-order valence-corrected chi connectivity index (χ1v) is 7.51. The van der Waals surface area contributed by atoms with Crippen LogP contribution in [-0.4, -0.2) is 60.8 Å². The molecule has 2 aliphatic rings. The number of hydrogen-bond donors (Lipinski definition) is 0. The van der Waals surface area contributed by atoms with Crippen LogP contribution in [0.1, 0.15) is 33.6 Å². The van der Waals surface area contributed by atoms with Crippen molar-refractivity contribution in [2.24, 2.45) is 5.92 Å². The van der Waals surface area contributed by atoms with E-state index in [9.17, 15) is 14.4 Å². The Hall–Kier alpha value is -1.47. The summed E-state index contributed by atoms with van der Waals surface area (Å²) in [5, 5.41) is 0. The molecule has 2 fully saturated rings. The van der Waals surface area contributed by atoms with Gasteiger partial charge in [0.2, 0.25) is 5.91 Å². The molecule has 0 bridgehead atoms. The minimum absolute atomic E-state index is 0.0481. The molecular weight excluding hydrogens is 290 g/mol. The van der Waals surface area contributed by atoms with Gasteiger partial charge >= 0.3 is 6.09 Å². The largest absolute Gasteiger partial charge is 0.443 e. The summed E-state index contributed by atoms with van der Waals surface area (Å²) >= 11 is 0. The number of likely N-dealkylation sites (tertiary alicyclic amines) is 1. The van der Waals surface area contributed by atoms with Gasteiger partial charge in [0.1, 0.15) is 11.4 Å². The molecule has 2 unspecified atom stereocenters. The maximum Gasteiger partial charge on any atom is 0.417 e. The number of Topliss-reactive ketones (excluding diaryl/α,β-unsaturated/α-hetero) is 1. The van der Waals surface area contributed by atoms with Crippen LogP contribution in [0, 0.1) is 5.92 Å². The number of carbonyl (C=O) groups is 3. The second kappa shape index (κ2) is 6.75. The summed E-state index contributed by atoms with van der Waals surface area (Å²) in [6, 6.07) is 0. The van der Waals surface area contributed by atoms with Crippen LogP contribution in [0.25, 0.3) is 0 Å². The highest BCUT2D eigenvalue weighted by molar-refractivity contribution is 6.06. The average molecular weight is 313 g/mol. The van der Waals surface area contributed by atoms with Crippen LogP contribution in [0.2, 0.25) is 0 Å². The summed E-state index contributed by atoms with van der Waals surface area (Å²) in [4.78, 5) is 37.1. The van der Waals surface area contributed by atoms with Crippen LogP contribution in [0.15, 0.2) is 0 Å². The Morgan fingerprint density at radius 2 is 2.05 bits per heavy atom. The lowest BCUT2D eigenvalue weighted by Crippen LogP contribution is -2.50. The highest BCUT2D eigenvalue weighted by atomic mass is 16.6. The molecule has 0 N–H and O–H groups in total. The van der Waals surface area contributed by atoms with E-state index >= 15 is 0 Å². The molecule has 2 saturated heterocycles. The molecule has 124 valence electrons. The second-order valence-corrected chi connectivity index (χ2v) is 6.63. The Labute approximate surface area is 129 Å². The van der Waals surface area contributed by atoms with Crippen molar-refractivity contribution in [2.75, 3.05) is 26.4 Å². The Bertz CT molecular complexity index is 449. The van der Waals surface area contributed by atoms with Crippen LogP contribution < -0.4 is 0 Å². The van der Waals surface area contributed by atoms with Crippen LogP contribution >= 0.6 is 0 Å². The number of nitrogens with zero attached hydrogens (tertiary/aromatic N) is 1. The van der Waals surface area contributed by atoms with Gasteiger partial charge in [-0.25, -0.2) is 9.69 Å². The fraction of sp³-hybridized carbons (Fsp3) is 0.800. The van der Waals surface area contributed by atoms with Gasteiger partial charge in [0.15, 0.2) is 0 Å². The molecule has 2 amide bonds. The van der Waals surface area contributed by atoms with Crippen molar-refractivity contribution in [2.45, 2.75) is 45.3 Å². The number of hydrogen-bond acceptors (Lipinski definition) is 6. The number of piperidine rings is 1. The van der Waals surface area contributed by atoms with E-state index in [1.165, 1.54) is 0 Å². The molecule has 0 aromatic carbocycles. The monoisotopic (exact) mass is 313 g/mol. The molecule has 0 aliphatic carbocycles. The van der Waals surface area contributed by atoms with Crippen LogP contribution in [0.5, 0.6) is 0 Å². The normalized spacial score (nSPS) is 27.0. The maximum absolute atomic E-state index is 12.1. The van der Waals surface area contributed by atoms with Gasteiger partial charge in [0.05, 0.1) is 32.3 Å². The number of rotatable bonds is 2. The number of imide groups is 1. The summed E-state index contributed by atoms with van der Waals surface area (Å²) in [5.41, 5.74) is -0.686. The molecule has 0 spiro atoms. The predicted molar refractivity (Wildman–Crippen MR) is 76.2 cm³/mol. The van der Waals surface area contributed by atoms with Gasteiger partial charge in [-0.15, -0.1) is 0 Å². The third-order valence-corrected chi connectivity index (χ3v) is 3.53. The molecule has 0 saturated carbocycles. The van der Waals surface area contributed by atoms with E-state index in [1.807, 2.05) is 0 Å². The Morgan fingerprint density at radius 3 is 2.64 bits per heavy atom. The highest BCUT2D eigenvalue weighted by Gasteiger charge is 2.39. The minimum Gasteiger partial charge on any atom is -0.443 e. The molecule has 2 atom stereocenters. The third-order valence-electron chi connectivity index (χ3n) is 3.53. The summed E-state index contributed by atoms with van der Waals surface area (Å²) in [5.74, 6) is -1.08. The lowest BCUT2D eigenvalue weighted by molar-refractivity contribution is -0.144. The summed E-state index contributed by atoms with van der Waals surface area (Å²) in [6.45, 7) is 6.73. The first-order chi connectivity index (χ1) is 10.3. The van der Waals surface area contributed by atoms with Crippen molar-refractivity contribution in [3.63, 3.8) is 0 Å². The van der Waals surface area contributed by atoms with Crippen molar-refractivity contribution in [1.29, 1.82) is 0 Å². The van der Waals surface area contributed by atoms with Gasteiger partial charge < -0.3 is 14.2 Å². The van der Waals surface area contributed by atoms with Crippen molar-refractivity contribution in [3.8, 4) is 0 Å². The fourth-order valence-corrected chi connectivity index (χ4v) is 2.50. The Morgan fingerprint density at radius 1 is 1.32 bits per heavy atom. The first kappa shape index (κ1) is 16.9. The van der Waals surface area contributed by atoms with Crippen molar-refractivity contribution in [1.82, 2.24) is 4.90 Å². The molecular formula is C15H23NO6. The number of carbonyl (C=O) groups excluding carboxylic acids is 3. The minimum atomic E-state index is -0.698. The van der Waals surface area contributed by atoms with E-state index in [-0.39, 0.29) is 24.9 Å². The number of ketones is 1. The third kappa shape index (κ3) is 4.51. The smallest absolute Gasteiger partial charge is 0.417 e. The molecule has 2 aliphatic heterocycles. The van der Waals surface area contributed by atoms with Gasteiger partial charge in [-0.3, -0.25) is 9.59 Å². The van der Waals surface area contributed by atoms with Gasteiger partial charge in [0.25, 0.3) is 0 Å². The summed E-state index contributed by atoms with van der Waals surface area (Å²) < 4.78 is 16.1. The molecule has 7 nitrogen and oxygen atoms in total. The predicted octanol–water partition coefficient (Wildman–Crippen LogP) is 1.14. The fourth-order valence-electron chi connectivity index (χ4n) is 2.50. The van der Waals surface area contributed by atoms with Crippen LogP contribution in [0.4, 0.5) is 4.79 Å². The van der Waals surface area contributed by atoms with E-state index in [1.54, 1.807) is 20.8 Å². The van der Waals surface area contributed by atoms with E-state index in [4.69, 9.17) is 14.2 Å².